The first-order valence-electron chi connectivity index (χ1n) is 8.90. The lowest BCUT2D eigenvalue weighted by Crippen LogP contribution is -2.36. The Morgan fingerprint density at radius 3 is 2.63 bits per heavy atom. The molecule has 1 aromatic carbocycles. The summed E-state index contributed by atoms with van der Waals surface area (Å²) in [5.41, 5.74) is 3.55. The molecule has 2 rings (SSSR count). The number of aliphatic imine (C=N–C) groups is 1. The van der Waals surface area contributed by atoms with Gasteiger partial charge in [-0.25, -0.2) is 4.99 Å². The monoisotopic (exact) mass is 503 g/mol. The number of hydrogen-bond donors (Lipinski definition) is 2. The number of aryl methyl sites for hydroxylation is 2. The molecule has 0 spiro atoms. The van der Waals surface area contributed by atoms with Gasteiger partial charge in [0.2, 0.25) is 0 Å². The average Bonchev–Trinajstić information content (AvgIpc) is 3.04. The zero-order valence-corrected chi connectivity index (χ0v) is 19.6. The molecule has 150 valence electrons. The minimum absolute atomic E-state index is 0. The van der Waals surface area contributed by atoms with Gasteiger partial charge in [0, 0.05) is 24.1 Å². The first-order valence-corrected chi connectivity index (χ1v) is 9.78. The zero-order valence-electron chi connectivity index (χ0n) is 16.5. The Bertz CT molecular complexity index is 719. The van der Waals surface area contributed by atoms with Gasteiger partial charge in [-0.1, -0.05) is 12.1 Å². The van der Waals surface area contributed by atoms with Crippen LogP contribution >= 0.6 is 35.3 Å². The molecule has 2 N–H and O–H groups in total. The third-order valence-corrected chi connectivity index (χ3v) is 4.93. The molecule has 0 aliphatic rings. The van der Waals surface area contributed by atoms with Crippen molar-refractivity contribution in [1.29, 1.82) is 0 Å². The molecule has 27 heavy (non-hydrogen) atoms. The predicted molar refractivity (Wildman–Crippen MR) is 125 cm³/mol. The molecule has 2 aromatic rings. The van der Waals surface area contributed by atoms with Gasteiger partial charge in [-0.05, 0) is 49.4 Å². The van der Waals surface area contributed by atoms with Crippen LogP contribution in [-0.2, 0) is 17.8 Å². The van der Waals surface area contributed by atoms with Crippen molar-refractivity contribution in [1.82, 2.24) is 10.6 Å². The van der Waals surface area contributed by atoms with Crippen LogP contribution in [-0.4, -0.2) is 32.8 Å². The zero-order chi connectivity index (χ0) is 18.8. The molecule has 1 heterocycles. The van der Waals surface area contributed by atoms with Crippen molar-refractivity contribution in [3.63, 3.8) is 0 Å². The molecule has 0 bridgehead atoms. The van der Waals surface area contributed by atoms with E-state index < -0.39 is 0 Å². The van der Waals surface area contributed by atoms with Crippen molar-refractivity contribution in [3.05, 3.63) is 51.2 Å². The third-order valence-electron chi connectivity index (χ3n) is 3.90. The molecule has 0 radical (unpaired) electrons. The van der Waals surface area contributed by atoms with E-state index in [1.807, 2.05) is 0 Å². The molecule has 5 nitrogen and oxygen atoms in total. The Kier molecular flexibility index (Phi) is 11.4. The Hall–Kier alpha value is -1.32. The van der Waals surface area contributed by atoms with Gasteiger partial charge in [-0.3, -0.25) is 0 Å². The van der Waals surface area contributed by atoms with Crippen molar-refractivity contribution in [2.75, 3.05) is 26.9 Å². The Labute approximate surface area is 183 Å². The summed E-state index contributed by atoms with van der Waals surface area (Å²) in [6.45, 7) is 9.52. The van der Waals surface area contributed by atoms with Crippen molar-refractivity contribution in [3.8, 4) is 5.75 Å². The maximum absolute atomic E-state index is 5.85. The largest absolute Gasteiger partial charge is 0.491 e. The summed E-state index contributed by atoms with van der Waals surface area (Å²) in [6, 6.07) is 8.36. The quantitative estimate of drug-likeness (QED) is 0.233. The molecular formula is C20H30IN3O2S. The van der Waals surface area contributed by atoms with E-state index in [1.54, 1.807) is 18.4 Å². The average molecular weight is 503 g/mol. The van der Waals surface area contributed by atoms with Gasteiger partial charge in [0.1, 0.15) is 12.4 Å². The van der Waals surface area contributed by atoms with Gasteiger partial charge in [0.05, 0.1) is 19.7 Å². The number of nitrogens with zero attached hydrogens (tertiary/aromatic N) is 1. The number of hydrogen-bond acceptors (Lipinski definition) is 4. The lowest BCUT2D eigenvalue weighted by atomic mass is 10.1. The molecular weight excluding hydrogens is 473 g/mol. The number of nitrogens with one attached hydrogen (secondary N) is 2. The van der Waals surface area contributed by atoms with Gasteiger partial charge in [-0.15, -0.1) is 35.3 Å². The van der Waals surface area contributed by atoms with Crippen LogP contribution in [0.4, 0.5) is 0 Å². The van der Waals surface area contributed by atoms with Gasteiger partial charge in [0.25, 0.3) is 0 Å². The van der Waals surface area contributed by atoms with Gasteiger partial charge in [-0.2, -0.15) is 0 Å². The summed E-state index contributed by atoms with van der Waals surface area (Å²) in [5.74, 6) is 1.68. The normalized spacial score (nSPS) is 11.0. The molecule has 0 unspecified atom stereocenters. The molecule has 0 aliphatic carbocycles. The van der Waals surface area contributed by atoms with Crippen LogP contribution in [0.3, 0.4) is 0 Å². The second-order valence-electron chi connectivity index (χ2n) is 6.03. The number of ether oxygens (including phenoxy) is 2. The molecule has 0 saturated heterocycles. The molecule has 0 fully saturated rings. The molecule has 0 amide bonds. The smallest absolute Gasteiger partial charge is 0.191 e. The highest BCUT2D eigenvalue weighted by Gasteiger charge is 2.06. The van der Waals surface area contributed by atoms with E-state index in [2.05, 4.69) is 61.1 Å². The van der Waals surface area contributed by atoms with Crippen LogP contribution in [0.5, 0.6) is 5.75 Å². The number of guanidine groups is 1. The van der Waals surface area contributed by atoms with Crippen LogP contribution in [0.25, 0.3) is 0 Å². The first-order chi connectivity index (χ1) is 12.6. The maximum atomic E-state index is 5.85. The maximum Gasteiger partial charge on any atom is 0.191 e. The molecule has 0 atom stereocenters. The van der Waals surface area contributed by atoms with Crippen LogP contribution in [0, 0.1) is 13.8 Å². The highest BCUT2D eigenvalue weighted by Crippen LogP contribution is 2.21. The van der Waals surface area contributed by atoms with Crippen LogP contribution in [0.2, 0.25) is 0 Å². The van der Waals surface area contributed by atoms with Crippen molar-refractivity contribution >= 4 is 41.3 Å². The van der Waals surface area contributed by atoms with E-state index >= 15 is 0 Å². The van der Waals surface area contributed by atoms with Gasteiger partial charge >= 0.3 is 0 Å². The van der Waals surface area contributed by atoms with E-state index in [0.29, 0.717) is 19.8 Å². The lowest BCUT2D eigenvalue weighted by molar-refractivity contribution is 0.145. The molecule has 0 saturated carbocycles. The van der Waals surface area contributed by atoms with Gasteiger partial charge in [0.15, 0.2) is 5.96 Å². The minimum atomic E-state index is 0. The number of halogens is 1. The second kappa shape index (κ2) is 13.0. The fourth-order valence-electron chi connectivity index (χ4n) is 2.42. The van der Waals surface area contributed by atoms with E-state index in [1.165, 1.54) is 16.0 Å². The van der Waals surface area contributed by atoms with E-state index in [4.69, 9.17) is 14.5 Å². The third kappa shape index (κ3) is 8.06. The van der Waals surface area contributed by atoms with Crippen molar-refractivity contribution in [2.24, 2.45) is 4.99 Å². The fraction of sp³-hybridized carbons (Fsp3) is 0.450. The summed E-state index contributed by atoms with van der Waals surface area (Å²) in [5, 5.41) is 8.82. The minimum Gasteiger partial charge on any atom is -0.491 e. The molecule has 0 aliphatic heterocycles. The summed E-state index contributed by atoms with van der Waals surface area (Å²) < 4.78 is 10.9. The van der Waals surface area contributed by atoms with E-state index in [0.717, 1.165) is 30.4 Å². The topological polar surface area (TPSA) is 54.9 Å². The Morgan fingerprint density at radius 1 is 1.15 bits per heavy atom. The van der Waals surface area contributed by atoms with E-state index in [-0.39, 0.29) is 24.0 Å². The Balaban J connectivity index is 0.00000364. The fourth-order valence-corrected chi connectivity index (χ4v) is 3.26. The van der Waals surface area contributed by atoms with Crippen LogP contribution in [0.1, 0.15) is 28.5 Å². The SMILES string of the molecule is CCNC(=NCc1ccc(C)cc1OCCOC)NCc1sccc1C.I. The van der Waals surface area contributed by atoms with E-state index in [9.17, 15) is 0 Å². The summed E-state index contributed by atoms with van der Waals surface area (Å²) in [6.07, 6.45) is 0. The highest BCUT2D eigenvalue weighted by atomic mass is 127. The number of thiophene rings is 1. The summed E-state index contributed by atoms with van der Waals surface area (Å²) in [4.78, 5) is 6.05. The standard InChI is InChI=1S/C20H29N3O2S.HI/c1-5-21-20(23-14-19-16(3)8-11-26-19)22-13-17-7-6-15(2)12-18(17)25-10-9-24-4;/h6-8,11-12H,5,9-10,13-14H2,1-4H3,(H2,21,22,23);1H. The summed E-state index contributed by atoms with van der Waals surface area (Å²) >= 11 is 1.76. The van der Waals surface area contributed by atoms with Crippen molar-refractivity contribution in [2.45, 2.75) is 33.9 Å². The number of benzene rings is 1. The summed E-state index contributed by atoms with van der Waals surface area (Å²) in [7, 11) is 1.68. The predicted octanol–water partition coefficient (Wildman–Crippen LogP) is 4.26. The molecule has 7 heteroatoms. The van der Waals surface area contributed by atoms with Crippen molar-refractivity contribution < 1.29 is 9.47 Å². The molecule has 1 aromatic heterocycles. The van der Waals surface area contributed by atoms with Crippen LogP contribution < -0.4 is 15.4 Å². The first kappa shape index (κ1) is 23.7. The van der Waals surface area contributed by atoms with Crippen LogP contribution in [0.15, 0.2) is 34.6 Å². The number of methoxy groups -OCH3 is 1. The lowest BCUT2D eigenvalue weighted by Gasteiger charge is -2.13. The number of rotatable bonds is 9. The van der Waals surface area contributed by atoms with Gasteiger partial charge < -0.3 is 20.1 Å². The highest BCUT2D eigenvalue weighted by molar-refractivity contribution is 14.0. The Morgan fingerprint density at radius 2 is 1.96 bits per heavy atom. The second-order valence-corrected chi connectivity index (χ2v) is 7.03.